The van der Waals surface area contributed by atoms with Crippen LogP contribution < -0.4 is 5.32 Å². The Bertz CT molecular complexity index is 720. The molecule has 9 heteroatoms. The minimum atomic E-state index is -4.48. The molecular weight excluding hydrogens is 313 g/mol. The second-order valence-corrected chi connectivity index (χ2v) is 4.50. The lowest BCUT2D eigenvalue weighted by molar-refractivity contribution is -0.142. The van der Waals surface area contributed by atoms with Crippen LogP contribution in [0.25, 0.3) is 0 Å². The molecule has 0 atom stereocenters. The summed E-state index contributed by atoms with van der Waals surface area (Å²) in [6, 6.07) is 10.5. The van der Waals surface area contributed by atoms with Crippen molar-refractivity contribution in [3.8, 4) is 6.07 Å². The lowest BCUT2D eigenvalue weighted by atomic mass is 10.2. The summed E-state index contributed by atoms with van der Waals surface area (Å²) in [6.07, 6.45) is -4.49. The first kappa shape index (κ1) is 16.4. The minimum Gasteiger partial charge on any atom is -0.444 e. The number of nitrogens with one attached hydrogen (secondary N) is 1. The molecule has 0 unspecified atom stereocenters. The zero-order valence-corrected chi connectivity index (χ0v) is 11.7. The number of rotatable bonds is 4. The van der Waals surface area contributed by atoms with E-state index < -0.39 is 18.8 Å². The first-order valence-corrected chi connectivity index (χ1v) is 6.39. The molecule has 23 heavy (non-hydrogen) atoms. The number of carbonyl (C=O) groups excluding carboxylic acids is 1. The largest absolute Gasteiger partial charge is 0.444 e. The number of hydrogen-bond acceptors (Lipinski definition) is 4. The smallest absolute Gasteiger partial charge is 0.413 e. The Kier molecular flexibility index (Phi) is 4.85. The Morgan fingerprint density at radius 3 is 2.65 bits per heavy atom. The van der Waals surface area contributed by atoms with Crippen LogP contribution in [-0.2, 0) is 17.9 Å². The van der Waals surface area contributed by atoms with Crippen molar-refractivity contribution < 1.29 is 22.7 Å². The van der Waals surface area contributed by atoms with Crippen LogP contribution in [0.4, 0.5) is 23.8 Å². The van der Waals surface area contributed by atoms with Crippen LogP contribution in [-0.4, -0.2) is 22.1 Å². The minimum absolute atomic E-state index is 0.0161. The molecule has 1 aromatic carbocycles. The van der Waals surface area contributed by atoms with Gasteiger partial charge in [-0.15, -0.1) is 0 Å². The number of aromatic nitrogens is 2. The Hall–Kier alpha value is -3.02. The molecule has 2 aromatic rings. The van der Waals surface area contributed by atoms with E-state index >= 15 is 0 Å². The maximum Gasteiger partial charge on any atom is 0.413 e. The van der Waals surface area contributed by atoms with E-state index in [9.17, 15) is 18.0 Å². The zero-order valence-electron chi connectivity index (χ0n) is 11.7. The molecule has 1 aromatic heterocycles. The van der Waals surface area contributed by atoms with Crippen molar-refractivity contribution in [3.05, 3.63) is 47.7 Å². The molecule has 0 aliphatic carbocycles. The molecule has 6 nitrogen and oxygen atoms in total. The molecule has 1 N–H and O–H groups in total. The standard InChI is InChI=1S/C14H11F3N4O2/c15-14(16,17)9-21-7-11(6-18)12(20-21)19-13(22)23-8-10-4-2-1-3-5-10/h1-5,7H,8-9H2,(H,19,20,22). The van der Waals surface area contributed by atoms with Gasteiger partial charge in [0, 0.05) is 6.20 Å². The van der Waals surface area contributed by atoms with Gasteiger partial charge in [0.2, 0.25) is 0 Å². The summed E-state index contributed by atoms with van der Waals surface area (Å²) in [7, 11) is 0. The number of halogens is 3. The summed E-state index contributed by atoms with van der Waals surface area (Å²) in [4.78, 5) is 11.6. The van der Waals surface area contributed by atoms with Gasteiger partial charge in [-0.05, 0) is 5.56 Å². The third-order valence-corrected chi connectivity index (χ3v) is 2.66. The van der Waals surface area contributed by atoms with Crippen molar-refractivity contribution in [2.24, 2.45) is 0 Å². The van der Waals surface area contributed by atoms with Crippen LogP contribution in [0.2, 0.25) is 0 Å². The molecule has 0 radical (unpaired) electrons. The second kappa shape index (κ2) is 6.83. The van der Waals surface area contributed by atoms with Crippen molar-refractivity contribution in [1.82, 2.24) is 9.78 Å². The average molecular weight is 324 g/mol. The average Bonchev–Trinajstić information content (AvgIpc) is 2.85. The second-order valence-electron chi connectivity index (χ2n) is 4.50. The molecule has 2 rings (SSSR count). The number of carbonyl (C=O) groups is 1. The Morgan fingerprint density at radius 1 is 1.35 bits per heavy atom. The van der Waals surface area contributed by atoms with Gasteiger partial charge in [0.05, 0.1) is 0 Å². The van der Waals surface area contributed by atoms with Crippen molar-refractivity contribution in [1.29, 1.82) is 5.26 Å². The van der Waals surface area contributed by atoms with Crippen LogP contribution in [0.1, 0.15) is 11.1 Å². The van der Waals surface area contributed by atoms with Gasteiger partial charge in [0.25, 0.3) is 0 Å². The Labute approximate surface area is 129 Å². The summed E-state index contributed by atoms with van der Waals surface area (Å²) in [5.41, 5.74) is 0.552. The molecule has 120 valence electrons. The van der Waals surface area contributed by atoms with Crippen molar-refractivity contribution in [3.63, 3.8) is 0 Å². The zero-order chi connectivity index (χ0) is 16.9. The highest BCUT2D eigenvalue weighted by molar-refractivity contribution is 5.84. The number of amides is 1. The monoisotopic (exact) mass is 324 g/mol. The van der Waals surface area contributed by atoms with Gasteiger partial charge >= 0.3 is 12.3 Å². The molecule has 0 bridgehead atoms. The molecule has 0 fully saturated rings. The van der Waals surface area contributed by atoms with Gasteiger partial charge in [0.1, 0.15) is 24.8 Å². The first-order chi connectivity index (χ1) is 10.9. The Morgan fingerprint density at radius 2 is 2.04 bits per heavy atom. The Balaban J connectivity index is 1.99. The van der Waals surface area contributed by atoms with E-state index in [0.29, 0.717) is 4.68 Å². The number of ether oxygens (including phenoxy) is 1. The number of hydrogen-bond donors (Lipinski definition) is 1. The van der Waals surface area contributed by atoms with Gasteiger partial charge in [-0.25, -0.2) is 4.79 Å². The van der Waals surface area contributed by atoms with Gasteiger partial charge in [-0.2, -0.15) is 23.5 Å². The van der Waals surface area contributed by atoms with Crippen molar-refractivity contribution in [2.45, 2.75) is 19.3 Å². The lowest BCUT2D eigenvalue weighted by Gasteiger charge is -2.06. The number of nitrogens with zero attached hydrogens (tertiary/aromatic N) is 3. The van der Waals surface area contributed by atoms with Gasteiger partial charge in [0.15, 0.2) is 5.82 Å². The maximum absolute atomic E-state index is 12.3. The first-order valence-electron chi connectivity index (χ1n) is 6.39. The van der Waals surface area contributed by atoms with E-state index in [1.54, 1.807) is 36.4 Å². The van der Waals surface area contributed by atoms with E-state index in [-0.39, 0.29) is 18.0 Å². The van der Waals surface area contributed by atoms with E-state index in [2.05, 4.69) is 10.4 Å². The fourth-order valence-electron chi connectivity index (χ4n) is 1.72. The SMILES string of the molecule is N#Cc1cn(CC(F)(F)F)nc1NC(=O)OCc1ccccc1. The third kappa shape index (κ3) is 5.03. The quantitative estimate of drug-likeness (QED) is 0.937. The van der Waals surface area contributed by atoms with E-state index in [4.69, 9.17) is 10.00 Å². The van der Waals surface area contributed by atoms with Gasteiger partial charge < -0.3 is 4.74 Å². The third-order valence-electron chi connectivity index (χ3n) is 2.66. The molecule has 0 saturated carbocycles. The fourth-order valence-corrected chi connectivity index (χ4v) is 1.72. The summed E-state index contributed by atoms with van der Waals surface area (Å²) in [6.45, 7) is -1.37. The number of benzene rings is 1. The highest BCUT2D eigenvalue weighted by Gasteiger charge is 2.29. The summed E-state index contributed by atoms with van der Waals surface area (Å²) in [5, 5.41) is 14.6. The molecule has 1 amide bonds. The van der Waals surface area contributed by atoms with Gasteiger partial charge in [-0.1, -0.05) is 30.3 Å². The topological polar surface area (TPSA) is 79.9 Å². The normalized spacial score (nSPS) is 10.9. The van der Waals surface area contributed by atoms with Crippen LogP contribution in [0.3, 0.4) is 0 Å². The summed E-state index contributed by atoms with van der Waals surface area (Å²) < 4.78 is 42.3. The molecular formula is C14H11F3N4O2. The van der Waals surface area contributed by atoms with Crippen molar-refractivity contribution >= 4 is 11.9 Å². The van der Waals surface area contributed by atoms with E-state index in [1.807, 2.05) is 0 Å². The molecule has 0 saturated heterocycles. The molecule has 0 spiro atoms. The maximum atomic E-state index is 12.3. The summed E-state index contributed by atoms with van der Waals surface area (Å²) in [5.74, 6) is -0.283. The lowest BCUT2D eigenvalue weighted by Crippen LogP contribution is -2.19. The van der Waals surface area contributed by atoms with Crippen LogP contribution >= 0.6 is 0 Å². The van der Waals surface area contributed by atoms with E-state index in [1.165, 1.54) is 0 Å². The predicted octanol–water partition coefficient (Wildman–Crippen LogP) is 3.07. The summed E-state index contributed by atoms with van der Waals surface area (Å²) >= 11 is 0. The number of nitriles is 1. The van der Waals surface area contributed by atoms with Crippen LogP contribution in [0.5, 0.6) is 0 Å². The molecule has 1 heterocycles. The van der Waals surface area contributed by atoms with Gasteiger partial charge in [-0.3, -0.25) is 10.00 Å². The predicted molar refractivity (Wildman–Crippen MR) is 73.2 cm³/mol. The number of anilines is 1. The van der Waals surface area contributed by atoms with Crippen molar-refractivity contribution in [2.75, 3.05) is 5.32 Å². The van der Waals surface area contributed by atoms with E-state index in [0.717, 1.165) is 11.8 Å². The number of alkyl halides is 3. The van der Waals surface area contributed by atoms with Crippen LogP contribution in [0, 0.1) is 11.3 Å². The highest BCUT2D eigenvalue weighted by Crippen LogP contribution is 2.20. The molecule has 0 aliphatic rings. The highest BCUT2D eigenvalue weighted by atomic mass is 19.4. The fraction of sp³-hybridized carbons (Fsp3) is 0.214. The van der Waals surface area contributed by atoms with Crippen LogP contribution in [0.15, 0.2) is 36.5 Å². The molecule has 0 aliphatic heterocycles.